The van der Waals surface area contributed by atoms with Crippen LogP contribution in [0.25, 0.3) is 10.1 Å². The molecule has 0 aliphatic carbocycles. The number of alkyl halides is 1. The number of rotatable bonds is 1. The van der Waals surface area contributed by atoms with Gasteiger partial charge in [-0.1, -0.05) is 27.5 Å². The molecule has 0 aliphatic heterocycles. The fourth-order valence-electron chi connectivity index (χ4n) is 1.20. The molecule has 1 aromatic carbocycles. The normalized spacial score (nSPS) is 11.0. The summed E-state index contributed by atoms with van der Waals surface area (Å²) in [5, 5.41) is 2.16. The van der Waals surface area contributed by atoms with Crippen molar-refractivity contribution in [3.05, 3.63) is 31.7 Å². The average molecular weight is 387 g/mol. The lowest BCUT2D eigenvalue weighted by Crippen LogP contribution is -1.79. The van der Waals surface area contributed by atoms with E-state index in [4.69, 9.17) is 11.6 Å². The fraction of sp³-hybridized carbons (Fsp3) is 0.111. The van der Waals surface area contributed by atoms with Crippen LogP contribution in [-0.2, 0) is 5.33 Å². The van der Waals surface area contributed by atoms with Crippen molar-refractivity contribution in [2.45, 2.75) is 5.33 Å². The SMILES string of the molecule is Clc1cc2c(I)cc(CBr)cc2s1. The van der Waals surface area contributed by atoms with Crippen LogP contribution in [0, 0.1) is 3.57 Å². The van der Waals surface area contributed by atoms with E-state index in [-0.39, 0.29) is 0 Å². The summed E-state index contributed by atoms with van der Waals surface area (Å²) in [6, 6.07) is 6.39. The van der Waals surface area contributed by atoms with Gasteiger partial charge in [0.1, 0.15) is 0 Å². The molecule has 2 rings (SSSR count). The van der Waals surface area contributed by atoms with Crippen molar-refractivity contribution in [1.82, 2.24) is 0 Å². The molecule has 0 fully saturated rings. The van der Waals surface area contributed by atoms with E-state index in [1.165, 1.54) is 19.2 Å². The van der Waals surface area contributed by atoms with Gasteiger partial charge in [0.25, 0.3) is 0 Å². The van der Waals surface area contributed by atoms with Gasteiger partial charge in [0.05, 0.1) is 4.34 Å². The standard InChI is InChI=1S/C9H5BrClIS/c10-4-5-1-7(12)6-3-9(11)13-8(6)2-5/h1-3H,4H2. The highest BCUT2D eigenvalue weighted by atomic mass is 127. The highest BCUT2D eigenvalue weighted by Gasteiger charge is 2.05. The van der Waals surface area contributed by atoms with E-state index in [0.29, 0.717) is 0 Å². The quantitative estimate of drug-likeness (QED) is 0.474. The third-order valence-corrected chi connectivity index (χ3v) is 4.52. The molecule has 0 nitrogen and oxygen atoms in total. The van der Waals surface area contributed by atoms with Crippen LogP contribution in [0.2, 0.25) is 4.34 Å². The second-order valence-corrected chi connectivity index (χ2v) is 6.11. The molecule has 68 valence electrons. The van der Waals surface area contributed by atoms with Gasteiger partial charge in [-0.05, 0) is 46.4 Å². The van der Waals surface area contributed by atoms with Gasteiger partial charge in [-0.3, -0.25) is 0 Å². The van der Waals surface area contributed by atoms with E-state index in [0.717, 1.165) is 9.67 Å². The van der Waals surface area contributed by atoms with E-state index in [9.17, 15) is 0 Å². The summed E-state index contributed by atoms with van der Waals surface area (Å²) in [5.41, 5.74) is 1.30. The van der Waals surface area contributed by atoms with Crippen molar-refractivity contribution in [2.24, 2.45) is 0 Å². The van der Waals surface area contributed by atoms with Gasteiger partial charge in [0, 0.05) is 19.0 Å². The Morgan fingerprint density at radius 1 is 1.38 bits per heavy atom. The van der Waals surface area contributed by atoms with E-state index in [1.54, 1.807) is 11.3 Å². The van der Waals surface area contributed by atoms with Crippen LogP contribution in [0.1, 0.15) is 5.56 Å². The van der Waals surface area contributed by atoms with Crippen LogP contribution in [-0.4, -0.2) is 0 Å². The van der Waals surface area contributed by atoms with Crippen LogP contribution in [0.4, 0.5) is 0 Å². The highest BCUT2D eigenvalue weighted by Crippen LogP contribution is 2.33. The lowest BCUT2D eigenvalue weighted by Gasteiger charge is -1.98. The zero-order valence-electron chi connectivity index (χ0n) is 6.48. The van der Waals surface area contributed by atoms with Gasteiger partial charge in [-0.15, -0.1) is 11.3 Å². The van der Waals surface area contributed by atoms with E-state index in [2.05, 4.69) is 50.7 Å². The first-order chi connectivity index (χ1) is 6.20. The zero-order valence-corrected chi connectivity index (χ0v) is 11.8. The smallest absolute Gasteiger partial charge is 0.0941 e. The van der Waals surface area contributed by atoms with Crippen molar-refractivity contribution in [3.8, 4) is 0 Å². The first kappa shape index (κ1) is 10.2. The Morgan fingerprint density at radius 3 is 2.85 bits per heavy atom. The minimum absolute atomic E-state index is 0.861. The molecule has 0 spiro atoms. The number of benzene rings is 1. The van der Waals surface area contributed by atoms with Crippen LogP contribution < -0.4 is 0 Å². The highest BCUT2D eigenvalue weighted by molar-refractivity contribution is 14.1. The number of fused-ring (bicyclic) bond motifs is 1. The number of halogens is 3. The Morgan fingerprint density at radius 2 is 2.15 bits per heavy atom. The molecule has 1 aromatic heterocycles. The molecule has 1 heterocycles. The molecular formula is C9H5BrClIS. The number of hydrogen-bond acceptors (Lipinski definition) is 1. The van der Waals surface area contributed by atoms with Gasteiger partial charge in [0.15, 0.2) is 0 Å². The molecule has 13 heavy (non-hydrogen) atoms. The minimum atomic E-state index is 0.861. The molecule has 0 unspecified atom stereocenters. The first-order valence-corrected chi connectivity index (χ1v) is 7.03. The van der Waals surface area contributed by atoms with Crippen LogP contribution in [0.5, 0.6) is 0 Å². The van der Waals surface area contributed by atoms with E-state index >= 15 is 0 Å². The van der Waals surface area contributed by atoms with Gasteiger partial charge >= 0.3 is 0 Å². The second-order valence-electron chi connectivity index (χ2n) is 2.67. The fourth-order valence-corrected chi connectivity index (χ4v) is 3.78. The second kappa shape index (κ2) is 4.04. The molecule has 2 aromatic rings. The lowest BCUT2D eigenvalue weighted by atomic mass is 10.2. The summed E-state index contributed by atoms with van der Waals surface area (Å²) in [4.78, 5) is 0. The third-order valence-electron chi connectivity index (χ3n) is 1.77. The van der Waals surface area contributed by atoms with Gasteiger partial charge in [-0.25, -0.2) is 0 Å². The molecule has 0 radical (unpaired) electrons. The monoisotopic (exact) mass is 386 g/mol. The number of thiophene rings is 1. The van der Waals surface area contributed by atoms with Crippen molar-refractivity contribution >= 4 is 71.5 Å². The zero-order chi connectivity index (χ0) is 9.42. The lowest BCUT2D eigenvalue weighted by molar-refractivity contribution is 1.46. The van der Waals surface area contributed by atoms with Gasteiger partial charge in [0.2, 0.25) is 0 Å². The maximum absolute atomic E-state index is 5.95. The summed E-state index contributed by atoms with van der Waals surface area (Å²) in [6.07, 6.45) is 0. The topological polar surface area (TPSA) is 0 Å². The van der Waals surface area contributed by atoms with Gasteiger partial charge < -0.3 is 0 Å². The van der Waals surface area contributed by atoms with Crippen LogP contribution >= 0.6 is 61.5 Å². The Kier molecular flexibility index (Phi) is 3.18. The van der Waals surface area contributed by atoms with Crippen LogP contribution in [0.15, 0.2) is 18.2 Å². The van der Waals surface area contributed by atoms with Crippen LogP contribution in [0.3, 0.4) is 0 Å². The number of hydrogen-bond donors (Lipinski definition) is 0. The largest absolute Gasteiger partial charge is 0.123 e. The Bertz CT molecular complexity index is 452. The van der Waals surface area contributed by atoms with Crippen molar-refractivity contribution in [1.29, 1.82) is 0 Å². The summed E-state index contributed by atoms with van der Waals surface area (Å²) in [6.45, 7) is 0. The maximum Gasteiger partial charge on any atom is 0.0941 e. The molecule has 0 saturated heterocycles. The predicted molar refractivity (Wildman–Crippen MR) is 72.2 cm³/mol. The molecule has 0 N–H and O–H groups in total. The molecule has 0 aliphatic rings. The van der Waals surface area contributed by atoms with Crippen molar-refractivity contribution in [2.75, 3.05) is 0 Å². The maximum atomic E-state index is 5.95. The first-order valence-electron chi connectivity index (χ1n) is 3.64. The third kappa shape index (κ3) is 2.03. The summed E-state index contributed by atoms with van der Waals surface area (Å²) in [7, 11) is 0. The van der Waals surface area contributed by atoms with Gasteiger partial charge in [-0.2, -0.15) is 0 Å². The summed E-state index contributed by atoms with van der Waals surface area (Å²) < 4.78 is 3.40. The summed E-state index contributed by atoms with van der Waals surface area (Å²) in [5.74, 6) is 0. The molecule has 0 atom stereocenters. The van der Waals surface area contributed by atoms with Crippen molar-refractivity contribution in [3.63, 3.8) is 0 Å². The van der Waals surface area contributed by atoms with Crippen molar-refractivity contribution < 1.29 is 0 Å². The molecule has 0 bridgehead atoms. The minimum Gasteiger partial charge on any atom is -0.123 e. The average Bonchev–Trinajstić information content (AvgIpc) is 2.46. The molecule has 0 saturated carbocycles. The Hall–Kier alpha value is 0.680. The molecular weight excluding hydrogens is 382 g/mol. The Labute approximate surface area is 108 Å². The Balaban J connectivity index is 2.75. The summed E-state index contributed by atoms with van der Waals surface area (Å²) >= 11 is 13.4. The molecule has 0 amide bonds. The van der Waals surface area contributed by atoms with E-state index < -0.39 is 0 Å². The molecule has 4 heteroatoms. The van der Waals surface area contributed by atoms with E-state index in [1.807, 2.05) is 6.07 Å². The predicted octanol–water partition coefficient (Wildman–Crippen LogP) is 5.05.